The Bertz CT molecular complexity index is 749. The first-order valence-electron chi connectivity index (χ1n) is 8.55. The molecule has 2 aromatic rings. The van der Waals surface area contributed by atoms with E-state index in [2.05, 4.69) is 83.7 Å². The molecule has 0 unspecified atom stereocenters. The zero-order valence-electron chi connectivity index (χ0n) is 15.8. The molecule has 0 bridgehead atoms. The molecule has 1 aliphatic rings. The summed E-state index contributed by atoms with van der Waals surface area (Å²) in [6, 6.07) is 12.6. The van der Waals surface area contributed by atoms with Crippen LogP contribution in [0.25, 0.3) is 10.8 Å². The van der Waals surface area contributed by atoms with Crippen LogP contribution in [0.2, 0.25) is 19.6 Å². The van der Waals surface area contributed by atoms with Gasteiger partial charge in [0, 0.05) is 0 Å². The number of rotatable bonds is 3. The highest BCUT2D eigenvalue weighted by Crippen LogP contribution is 2.36. The van der Waals surface area contributed by atoms with Gasteiger partial charge in [-0.2, -0.15) is 0 Å². The molecule has 24 heavy (non-hydrogen) atoms. The predicted octanol–water partition coefficient (Wildman–Crippen LogP) is 4.35. The van der Waals surface area contributed by atoms with Gasteiger partial charge in [-0.25, -0.2) is 0 Å². The van der Waals surface area contributed by atoms with E-state index in [1.807, 2.05) is 0 Å². The lowest BCUT2D eigenvalue weighted by Gasteiger charge is -2.32. The fraction of sp³-hybridized carbons (Fsp3) is 0.474. The van der Waals surface area contributed by atoms with Gasteiger partial charge in [0.25, 0.3) is 0 Å². The molecule has 0 aromatic heterocycles. The highest BCUT2D eigenvalue weighted by Gasteiger charge is 2.51. The molecule has 0 amide bonds. The third-order valence-corrected chi connectivity index (χ3v) is 5.63. The zero-order chi connectivity index (χ0) is 17.8. The quantitative estimate of drug-likeness (QED) is 0.776. The summed E-state index contributed by atoms with van der Waals surface area (Å²) in [6.45, 7) is 14.9. The van der Waals surface area contributed by atoms with Crippen LogP contribution in [0.3, 0.4) is 0 Å². The van der Waals surface area contributed by atoms with Crippen molar-refractivity contribution >= 4 is 31.7 Å². The fourth-order valence-electron chi connectivity index (χ4n) is 2.79. The summed E-state index contributed by atoms with van der Waals surface area (Å²) in [6.07, 6.45) is 0. The Morgan fingerprint density at radius 2 is 1.42 bits per heavy atom. The molecule has 1 heterocycles. The maximum Gasteiger partial charge on any atom is 0.494 e. The first-order chi connectivity index (χ1) is 11.0. The summed E-state index contributed by atoms with van der Waals surface area (Å²) >= 11 is 0. The van der Waals surface area contributed by atoms with Crippen molar-refractivity contribution < 1.29 is 13.7 Å². The van der Waals surface area contributed by atoms with Crippen LogP contribution < -0.4 is 9.89 Å². The Balaban J connectivity index is 1.93. The van der Waals surface area contributed by atoms with E-state index < -0.39 is 8.32 Å². The second kappa shape index (κ2) is 5.61. The minimum atomic E-state index is -1.61. The van der Waals surface area contributed by atoms with Crippen molar-refractivity contribution in [2.45, 2.75) is 58.5 Å². The summed E-state index contributed by atoms with van der Waals surface area (Å²) in [5.74, 6) is 0.938. The fourth-order valence-corrected chi connectivity index (χ4v) is 3.62. The summed E-state index contributed by atoms with van der Waals surface area (Å²) in [4.78, 5) is 0. The molecular weight excluding hydrogens is 315 g/mol. The first-order valence-corrected chi connectivity index (χ1v) is 12.0. The molecule has 2 aromatic carbocycles. The summed E-state index contributed by atoms with van der Waals surface area (Å²) in [5.41, 5.74) is 0.400. The van der Waals surface area contributed by atoms with E-state index >= 15 is 0 Å². The molecule has 3 nitrogen and oxygen atoms in total. The Morgan fingerprint density at radius 1 is 0.833 bits per heavy atom. The number of hydrogen-bond acceptors (Lipinski definition) is 3. The van der Waals surface area contributed by atoms with Crippen LogP contribution in [-0.4, -0.2) is 26.6 Å². The normalized spacial score (nSPS) is 19.7. The molecule has 5 heteroatoms. The van der Waals surface area contributed by atoms with Gasteiger partial charge in [0.1, 0.15) is 5.75 Å². The van der Waals surface area contributed by atoms with E-state index in [-0.39, 0.29) is 18.3 Å². The van der Waals surface area contributed by atoms with E-state index in [0.29, 0.717) is 0 Å². The maximum atomic E-state index is 6.16. The molecule has 0 atom stereocenters. The van der Waals surface area contributed by atoms with E-state index in [4.69, 9.17) is 13.7 Å². The molecule has 0 aliphatic carbocycles. The van der Waals surface area contributed by atoms with Gasteiger partial charge >= 0.3 is 7.12 Å². The van der Waals surface area contributed by atoms with Crippen LogP contribution in [0.4, 0.5) is 0 Å². The van der Waals surface area contributed by atoms with Crippen LogP contribution >= 0.6 is 0 Å². The largest absolute Gasteiger partial charge is 0.544 e. The SMILES string of the molecule is CC1(C)OB(c2ccc3ccc(O[Si](C)(C)C)cc3c2)OC1(C)C. The van der Waals surface area contributed by atoms with Gasteiger partial charge in [-0.05, 0) is 75.7 Å². The molecular formula is C19H27BO3Si. The number of fused-ring (bicyclic) bond motifs is 1. The monoisotopic (exact) mass is 342 g/mol. The van der Waals surface area contributed by atoms with Crippen LogP contribution in [0.5, 0.6) is 5.75 Å². The summed E-state index contributed by atoms with van der Waals surface area (Å²) in [7, 11) is -1.94. The zero-order valence-corrected chi connectivity index (χ0v) is 16.8. The van der Waals surface area contributed by atoms with Gasteiger partial charge in [0.15, 0.2) is 0 Å². The van der Waals surface area contributed by atoms with Gasteiger partial charge in [-0.3, -0.25) is 0 Å². The Kier molecular flexibility index (Phi) is 4.10. The van der Waals surface area contributed by atoms with Gasteiger partial charge in [-0.15, -0.1) is 0 Å². The van der Waals surface area contributed by atoms with Crippen LogP contribution in [-0.2, 0) is 9.31 Å². The van der Waals surface area contributed by atoms with Crippen molar-refractivity contribution in [2.24, 2.45) is 0 Å². The van der Waals surface area contributed by atoms with E-state index in [1.54, 1.807) is 0 Å². The van der Waals surface area contributed by atoms with Gasteiger partial charge < -0.3 is 13.7 Å². The molecule has 128 valence electrons. The lowest BCUT2D eigenvalue weighted by Crippen LogP contribution is -2.41. The highest BCUT2D eigenvalue weighted by atomic mass is 28.4. The van der Waals surface area contributed by atoms with Crippen LogP contribution in [0.15, 0.2) is 36.4 Å². The minimum Gasteiger partial charge on any atom is -0.544 e. The Hall–Kier alpha value is -1.30. The van der Waals surface area contributed by atoms with E-state index in [0.717, 1.165) is 16.6 Å². The number of hydrogen-bond donors (Lipinski definition) is 0. The molecule has 1 fully saturated rings. The van der Waals surface area contributed by atoms with E-state index in [1.165, 1.54) is 5.39 Å². The first kappa shape index (κ1) is 17.5. The second-order valence-electron chi connectivity index (χ2n) is 8.57. The van der Waals surface area contributed by atoms with Gasteiger partial charge in [0.05, 0.1) is 11.2 Å². The molecule has 0 radical (unpaired) electrons. The lowest BCUT2D eigenvalue weighted by molar-refractivity contribution is 0.00578. The second-order valence-corrected chi connectivity index (χ2v) is 13.0. The Morgan fingerprint density at radius 3 is 2.00 bits per heavy atom. The maximum absolute atomic E-state index is 6.16. The van der Waals surface area contributed by atoms with Gasteiger partial charge in [-0.1, -0.05) is 24.3 Å². The average molecular weight is 342 g/mol. The average Bonchev–Trinajstić information content (AvgIpc) is 2.65. The molecule has 1 aliphatic heterocycles. The highest BCUT2D eigenvalue weighted by molar-refractivity contribution is 6.70. The molecule has 0 N–H and O–H groups in total. The topological polar surface area (TPSA) is 27.7 Å². The van der Waals surface area contributed by atoms with Crippen molar-refractivity contribution in [3.8, 4) is 5.75 Å². The molecule has 0 saturated carbocycles. The predicted molar refractivity (Wildman–Crippen MR) is 104 cm³/mol. The van der Waals surface area contributed by atoms with Crippen LogP contribution in [0, 0.1) is 0 Å². The molecule has 3 rings (SSSR count). The minimum absolute atomic E-state index is 0.324. The summed E-state index contributed by atoms with van der Waals surface area (Å²) < 4.78 is 18.4. The smallest absolute Gasteiger partial charge is 0.494 e. The third kappa shape index (κ3) is 3.39. The van der Waals surface area contributed by atoms with Gasteiger partial charge in [0.2, 0.25) is 8.32 Å². The van der Waals surface area contributed by atoms with Crippen molar-refractivity contribution in [2.75, 3.05) is 0 Å². The summed E-state index contributed by atoms with van der Waals surface area (Å²) in [5, 5.41) is 2.34. The van der Waals surface area contributed by atoms with E-state index in [9.17, 15) is 0 Å². The third-order valence-electron chi connectivity index (χ3n) is 4.79. The Labute approximate surface area is 146 Å². The standard InChI is InChI=1S/C19H27BO3Si/c1-18(2)19(3,4)23-20(22-18)16-10-8-14-9-11-17(13-15(14)12-16)21-24(5,6)7/h8-13H,1-7H3. The van der Waals surface area contributed by atoms with Crippen molar-refractivity contribution in [1.82, 2.24) is 0 Å². The lowest BCUT2D eigenvalue weighted by atomic mass is 9.78. The van der Waals surface area contributed by atoms with Crippen LogP contribution in [0.1, 0.15) is 27.7 Å². The number of benzene rings is 2. The molecule has 0 spiro atoms. The van der Waals surface area contributed by atoms with Crippen molar-refractivity contribution in [1.29, 1.82) is 0 Å². The van der Waals surface area contributed by atoms with Crippen molar-refractivity contribution in [3.05, 3.63) is 36.4 Å². The van der Waals surface area contributed by atoms with Crippen molar-refractivity contribution in [3.63, 3.8) is 0 Å². The molecule has 1 saturated heterocycles.